The van der Waals surface area contributed by atoms with Crippen LogP contribution in [0.25, 0.3) is 0 Å². The zero-order chi connectivity index (χ0) is 17.4. The maximum Gasteiger partial charge on any atom is 0.225 e. The maximum absolute atomic E-state index is 12.9. The summed E-state index contributed by atoms with van der Waals surface area (Å²) in [5, 5.41) is 3.69. The number of amides is 1. The van der Waals surface area contributed by atoms with Crippen molar-refractivity contribution in [2.75, 3.05) is 26.2 Å². The van der Waals surface area contributed by atoms with Gasteiger partial charge in [-0.1, -0.05) is 12.8 Å². The van der Waals surface area contributed by atoms with Crippen molar-refractivity contribution in [2.45, 2.75) is 49.8 Å². The van der Waals surface area contributed by atoms with Crippen LogP contribution in [0.5, 0.6) is 0 Å². The molecule has 1 aromatic heterocycles. The number of carbonyl (C=O) groups is 1. The molecule has 1 amide bonds. The van der Waals surface area contributed by atoms with E-state index >= 15 is 0 Å². The fraction of sp³-hybridized carbons (Fsp3) is 0.812. The lowest BCUT2D eigenvalue weighted by Gasteiger charge is -2.43. The second-order valence-corrected chi connectivity index (χ2v) is 9.63. The summed E-state index contributed by atoms with van der Waals surface area (Å²) < 4.78 is 29.2. The van der Waals surface area contributed by atoms with Crippen LogP contribution >= 0.6 is 0 Å². The summed E-state index contributed by atoms with van der Waals surface area (Å²) >= 11 is 0. The maximum atomic E-state index is 12.9. The first-order valence-electron chi connectivity index (χ1n) is 9.17. The molecule has 9 heteroatoms. The lowest BCUT2D eigenvalue weighted by Crippen LogP contribution is -2.61. The van der Waals surface area contributed by atoms with E-state index in [1.807, 2.05) is 0 Å². The van der Waals surface area contributed by atoms with E-state index in [9.17, 15) is 13.2 Å². The number of piperidine rings is 1. The van der Waals surface area contributed by atoms with E-state index in [1.165, 1.54) is 6.33 Å². The van der Waals surface area contributed by atoms with Crippen molar-refractivity contribution in [3.05, 3.63) is 12.7 Å². The van der Waals surface area contributed by atoms with Crippen molar-refractivity contribution in [3.63, 3.8) is 0 Å². The van der Waals surface area contributed by atoms with Gasteiger partial charge in [0.25, 0.3) is 0 Å². The minimum absolute atomic E-state index is 0.0438. The molecule has 3 fully saturated rings. The van der Waals surface area contributed by atoms with Crippen LogP contribution in [0.15, 0.2) is 12.7 Å². The Balaban J connectivity index is 1.36. The summed E-state index contributed by atoms with van der Waals surface area (Å²) in [5.74, 6) is 0.276. The molecule has 4 rings (SSSR count). The van der Waals surface area contributed by atoms with Gasteiger partial charge >= 0.3 is 0 Å². The highest BCUT2D eigenvalue weighted by Gasteiger charge is 2.45. The van der Waals surface area contributed by atoms with Crippen molar-refractivity contribution < 1.29 is 13.2 Å². The van der Waals surface area contributed by atoms with Crippen LogP contribution in [-0.2, 0) is 14.8 Å². The van der Waals surface area contributed by atoms with Crippen LogP contribution in [0.2, 0.25) is 0 Å². The summed E-state index contributed by atoms with van der Waals surface area (Å²) in [6.45, 7) is 1.70. The summed E-state index contributed by atoms with van der Waals surface area (Å²) in [6.07, 6.45) is 9.00. The van der Waals surface area contributed by atoms with Gasteiger partial charge in [0, 0.05) is 32.1 Å². The highest BCUT2D eigenvalue weighted by molar-refractivity contribution is 7.89. The third-order valence-corrected chi connectivity index (χ3v) is 8.01. The second-order valence-electron chi connectivity index (χ2n) is 7.42. The molecule has 2 saturated heterocycles. The fourth-order valence-corrected chi connectivity index (χ4v) is 6.14. The number of aromatic nitrogens is 3. The third kappa shape index (κ3) is 3.19. The summed E-state index contributed by atoms with van der Waals surface area (Å²) in [4.78, 5) is 18.1. The number of rotatable bonds is 4. The standard InChI is InChI=1S/C16H25N5O3S/c22-16(13-4-1-2-5-13)19-9-15(10-19)25(23,24)20-7-3-6-14(8-20)21-12-17-11-18-21/h11-15H,1-10H2/t14-/m1/s1. The van der Waals surface area contributed by atoms with Gasteiger partial charge in [-0.2, -0.15) is 9.40 Å². The Bertz CT molecular complexity index is 708. The largest absolute Gasteiger partial charge is 0.340 e. The summed E-state index contributed by atoms with van der Waals surface area (Å²) in [6, 6.07) is 0.0438. The zero-order valence-electron chi connectivity index (χ0n) is 14.3. The van der Waals surface area contributed by atoms with Gasteiger partial charge in [0.05, 0.1) is 6.04 Å². The Morgan fingerprint density at radius 1 is 1.04 bits per heavy atom. The molecule has 0 aromatic carbocycles. The number of hydrogen-bond acceptors (Lipinski definition) is 5. The molecule has 0 unspecified atom stereocenters. The quantitative estimate of drug-likeness (QED) is 0.779. The predicted octanol–water partition coefficient (Wildman–Crippen LogP) is 0.646. The molecule has 8 nitrogen and oxygen atoms in total. The molecule has 0 spiro atoms. The number of carbonyl (C=O) groups excluding carboxylic acids is 1. The van der Waals surface area contributed by atoms with Gasteiger partial charge < -0.3 is 4.90 Å². The molecule has 1 saturated carbocycles. The first-order valence-corrected chi connectivity index (χ1v) is 10.7. The second kappa shape index (κ2) is 6.68. The van der Waals surface area contributed by atoms with E-state index < -0.39 is 15.3 Å². The van der Waals surface area contributed by atoms with Crippen LogP contribution in [-0.4, -0.2) is 69.7 Å². The van der Waals surface area contributed by atoms with Crippen LogP contribution in [0, 0.1) is 5.92 Å². The Morgan fingerprint density at radius 3 is 2.48 bits per heavy atom. The molecule has 1 atom stereocenters. The van der Waals surface area contributed by atoms with E-state index in [2.05, 4.69) is 10.1 Å². The zero-order valence-corrected chi connectivity index (χ0v) is 15.1. The highest BCUT2D eigenvalue weighted by Crippen LogP contribution is 2.31. The van der Waals surface area contributed by atoms with E-state index in [0.717, 1.165) is 38.5 Å². The minimum atomic E-state index is -3.36. The molecule has 1 aliphatic carbocycles. The Morgan fingerprint density at radius 2 is 1.80 bits per heavy atom. The van der Waals surface area contributed by atoms with E-state index in [1.54, 1.807) is 20.2 Å². The van der Waals surface area contributed by atoms with Crippen LogP contribution in [0.3, 0.4) is 0 Å². The van der Waals surface area contributed by atoms with E-state index in [-0.39, 0.29) is 17.9 Å². The average molecular weight is 367 g/mol. The van der Waals surface area contributed by atoms with Crippen molar-refractivity contribution in [2.24, 2.45) is 5.92 Å². The normalized spacial score (nSPS) is 26.7. The van der Waals surface area contributed by atoms with Gasteiger partial charge in [-0.3, -0.25) is 4.79 Å². The molecule has 3 heterocycles. The van der Waals surface area contributed by atoms with Gasteiger partial charge in [0.15, 0.2) is 0 Å². The average Bonchev–Trinajstić information content (AvgIpc) is 3.27. The van der Waals surface area contributed by atoms with E-state index in [4.69, 9.17) is 0 Å². The summed E-state index contributed by atoms with van der Waals surface area (Å²) in [7, 11) is -3.36. The number of nitrogens with zero attached hydrogens (tertiary/aromatic N) is 5. The minimum Gasteiger partial charge on any atom is -0.340 e. The monoisotopic (exact) mass is 367 g/mol. The van der Waals surface area contributed by atoms with Crippen molar-refractivity contribution >= 4 is 15.9 Å². The molecule has 1 aromatic rings. The molecule has 2 aliphatic heterocycles. The molecule has 0 bridgehead atoms. The Labute approximate surface area is 148 Å². The Hall–Kier alpha value is -1.48. The van der Waals surface area contributed by atoms with Gasteiger partial charge in [-0.25, -0.2) is 18.1 Å². The smallest absolute Gasteiger partial charge is 0.225 e. The fourth-order valence-electron chi connectivity index (χ4n) is 4.22. The van der Waals surface area contributed by atoms with Crippen LogP contribution in [0.4, 0.5) is 0 Å². The number of sulfonamides is 1. The Kier molecular flexibility index (Phi) is 4.53. The molecule has 0 radical (unpaired) electrons. The SMILES string of the molecule is O=C(C1CCCC1)N1CC(S(=O)(=O)N2CCC[C@@H](n3cncn3)C2)C1. The molecule has 138 valence electrons. The molecular formula is C16H25N5O3S. The lowest BCUT2D eigenvalue weighted by molar-refractivity contribution is -0.138. The van der Waals surface area contributed by atoms with Crippen LogP contribution < -0.4 is 0 Å². The number of hydrogen-bond donors (Lipinski definition) is 0. The van der Waals surface area contributed by atoms with Crippen molar-refractivity contribution in [3.8, 4) is 0 Å². The molecule has 25 heavy (non-hydrogen) atoms. The topological polar surface area (TPSA) is 88.4 Å². The molecular weight excluding hydrogens is 342 g/mol. The summed E-state index contributed by atoms with van der Waals surface area (Å²) in [5.41, 5.74) is 0. The van der Waals surface area contributed by atoms with Crippen molar-refractivity contribution in [1.29, 1.82) is 0 Å². The first kappa shape index (κ1) is 17.0. The molecule has 3 aliphatic rings. The predicted molar refractivity (Wildman–Crippen MR) is 91.1 cm³/mol. The van der Waals surface area contributed by atoms with Crippen molar-refractivity contribution in [1.82, 2.24) is 24.0 Å². The van der Waals surface area contributed by atoms with E-state index in [0.29, 0.717) is 26.2 Å². The highest BCUT2D eigenvalue weighted by atomic mass is 32.2. The van der Waals surface area contributed by atoms with Gasteiger partial charge in [-0.05, 0) is 25.7 Å². The van der Waals surface area contributed by atoms with Gasteiger partial charge in [0.1, 0.15) is 17.9 Å². The first-order chi connectivity index (χ1) is 12.1. The molecule has 0 N–H and O–H groups in total. The number of likely N-dealkylation sites (tertiary alicyclic amines) is 1. The lowest BCUT2D eigenvalue weighted by atomic mass is 10.0. The van der Waals surface area contributed by atoms with Gasteiger partial charge in [-0.15, -0.1) is 0 Å². The van der Waals surface area contributed by atoms with Gasteiger partial charge in [0.2, 0.25) is 15.9 Å². The van der Waals surface area contributed by atoms with Crippen LogP contribution in [0.1, 0.15) is 44.6 Å². The third-order valence-electron chi connectivity index (χ3n) is 5.82.